The zero-order valence-electron chi connectivity index (χ0n) is 9.24. The van der Waals surface area contributed by atoms with E-state index in [9.17, 15) is 0 Å². The summed E-state index contributed by atoms with van der Waals surface area (Å²) < 4.78 is 0. The number of nitriles is 1. The van der Waals surface area contributed by atoms with Crippen LogP contribution in [0.25, 0.3) is 0 Å². The van der Waals surface area contributed by atoms with Crippen molar-refractivity contribution in [2.24, 2.45) is 0 Å². The Balaban J connectivity index is 2.40. The maximum Gasteiger partial charge on any atom is 0.150 e. The number of hydrogen-bond donors (Lipinski definition) is 1. The highest BCUT2D eigenvalue weighted by atomic mass is 35.5. The van der Waals surface area contributed by atoms with Crippen LogP contribution in [-0.4, -0.2) is 4.98 Å². The number of hydrogen-bond acceptors (Lipinski definition) is 3. The third-order valence-corrected chi connectivity index (χ3v) is 2.59. The van der Waals surface area contributed by atoms with Crippen molar-refractivity contribution in [3.63, 3.8) is 0 Å². The van der Waals surface area contributed by atoms with Gasteiger partial charge in [-0.2, -0.15) is 5.26 Å². The van der Waals surface area contributed by atoms with Crippen molar-refractivity contribution >= 4 is 23.1 Å². The number of pyridine rings is 1. The molecule has 1 N–H and O–H groups in total. The van der Waals surface area contributed by atoms with Crippen molar-refractivity contribution in [2.75, 3.05) is 5.32 Å². The summed E-state index contributed by atoms with van der Waals surface area (Å²) in [5.41, 5.74) is 2.47. The minimum Gasteiger partial charge on any atom is -0.339 e. The van der Waals surface area contributed by atoms with E-state index in [2.05, 4.69) is 16.4 Å². The molecular formula is C13H10ClN3. The van der Waals surface area contributed by atoms with Gasteiger partial charge in [-0.05, 0) is 30.7 Å². The molecule has 2 rings (SSSR count). The van der Waals surface area contributed by atoms with E-state index in [0.717, 1.165) is 11.3 Å². The average Bonchev–Trinajstić information content (AvgIpc) is 2.32. The van der Waals surface area contributed by atoms with Crippen molar-refractivity contribution < 1.29 is 0 Å². The Morgan fingerprint density at radius 3 is 2.71 bits per heavy atom. The van der Waals surface area contributed by atoms with Gasteiger partial charge in [-0.25, -0.2) is 4.98 Å². The summed E-state index contributed by atoms with van der Waals surface area (Å²) in [6, 6.07) is 13.1. The van der Waals surface area contributed by atoms with Gasteiger partial charge in [0.15, 0.2) is 0 Å². The lowest BCUT2D eigenvalue weighted by Crippen LogP contribution is -1.98. The Bertz CT molecular complexity index is 587. The monoisotopic (exact) mass is 243 g/mol. The molecule has 0 saturated carbocycles. The summed E-state index contributed by atoms with van der Waals surface area (Å²) in [4.78, 5) is 4.11. The highest BCUT2D eigenvalue weighted by Gasteiger charge is 2.06. The number of aromatic nitrogens is 1. The largest absolute Gasteiger partial charge is 0.339 e. The molecule has 1 aromatic carbocycles. The Hall–Kier alpha value is -2.05. The van der Waals surface area contributed by atoms with Crippen molar-refractivity contribution in [1.82, 2.24) is 4.98 Å². The quantitative estimate of drug-likeness (QED) is 0.819. The van der Waals surface area contributed by atoms with E-state index in [1.165, 1.54) is 0 Å². The van der Waals surface area contributed by atoms with Crippen molar-refractivity contribution in [1.29, 1.82) is 5.26 Å². The Labute approximate surface area is 105 Å². The van der Waals surface area contributed by atoms with Crippen LogP contribution in [0, 0.1) is 18.3 Å². The van der Waals surface area contributed by atoms with E-state index >= 15 is 0 Å². The lowest BCUT2D eigenvalue weighted by atomic mass is 10.2. The SMILES string of the molecule is Cc1ccccc1Nc1nc(Cl)ccc1C#N. The van der Waals surface area contributed by atoms with E-state index < -0.39 is 0 Å². The number of rotatable bonds is 2. The number of para-hydroxylation sites is 1. The predicted molar refractivity (Wildman–Crippen MR) is 68.4 cm³/mol. The van der Waals surface area contributed by atoms with Crippen molar-refractivity contribution in [3.05, 3.63) is 52.7 Å². The van der Waals surface area contributed by atoms with Gasteiger partial charge in [0.2, 0.25) is 0 Å². The van der Waals surface area contributed by atoms with Crippen LogP contribution in [0.4, 0.5) is 11.5 Å². The van der Waals surface area contributed by atoms with Gasteiger partial charge in [0, 0.05) is 5.69 Å². The second-order valence-electron chi connectivity index (χ2n) is 3.58. The van der Waals surface area contributed by atoms with Crippen LogP contribution in [0.3, 0.4) is 0 Å². The molecule has 1 heterocycles. The van der Waals surface area contributed by atoms with Crippen LogP contribution < -0.4 is 5.32 Å². The van der Waals surface area contributed by atoms with Gasteiger partial charge < -0.3 is 5.32 Å². The zero-order chi connectivity index (χ0) is 12.3. The molecule has 0 aliphatic rings. The second kappa shape index (κ2) is 4.86. The average molecular weight is 244 g/mol. The summed E-state index contributed by atoms with van der Waals surface area (Å²) >= 11 is 5.82. The van der Waals surface area contributed by atoms with Gasteiger partial charge >= 0.3 is 0 Å². The van der Waals surface area contributed by atoms with E-state index in [1.807, 2.05) is 31.2 Å². The van der Waals surface area contributed by atoms with Crippen LogP contribution in [0.1, 0.15) is 11.1 Å². The van der Waals surface area contributed by atoms with Crippen LogP contribution >= 0.6 is 11.6 Å². The minimum absolute atomic E-state index is 0.361. The molecule has 0 fully saturated rings. The van der Waals surface area contributed by atoms with E-state index in [4.69, 9.17) is 16.9 Å². The van der Waals surface area contributed by atoms with Gasteiger partial charge in [-0.1, -0.05) is 29.8 Å². The molecule has 0 bridgehead atoms. The summed E-state index contributed by atoms with van der Waals surface area (Å²) in [6.45, 7) is 1.99. The van der Waals surface area contributed by atoms with Gasteiger partial charge in [0.05, 0.1) is 5.56 Å². The lowest BCUT2D eigenvalue weighted by molar-refractivity contribution is 1.27. The summed E-state index contributed by atoms with van der Waals surface area (Å²) in [5.74, 6) is 0.481. The third-order valence-electron chi connectivity index (χ3n) is 2.38. The molecule has 0 aliphatic heterocycles. The number of aryl methyl sites for hydroxylation is 1. The van der Waals surface area contributed by atoms with Crippen LogP contribution in [0.2, 0.25) is 5.15 Å². The van der Waals surface area contributed by atoms with E-state index in [-0.39, 0.29) is 0 Å². The Morgan fingerprint density at radius 1 is 1.24 bits per heavy atom. The summed E-state index contributed by atoms with van der Waals surface area (Å²) in [7, 11) is 0. The maximum absolute atomic E-state index is 8.98. The predicted octanol–water partition coefficient (Wildman–Crippen LogP) is 3.66. The topological polar surface area (TPSA) is 48.7 Å². The molecule has 17 heavy (non-hydrogen) atoms. The van der Waals surface area contributed by atoms with Gasteiger partial charge in [0.25, 0.3) is 0 Å². The fraction of sp³-hybridized carbons (Fsp3) is 0.0769. The molecule has 4 heteroatoms. The number of anilines is 2. The van der Waals surface area contributed by atoms with Gasteiger partial charge in [-0.3, -0.25) is 0 Å². The molecule has 0 radical (unpaired) electrons. The van der Waals surface area contributed by atoms with Gasteiger partial charge in [0.1, 0.15) is 17.0 Å². The van der Waals surface area contributed by atoms with Crippen molar-refractivity contribution in [2.45, 2.75) is 6.92 Å². The molecule has 0 amide bonds. The first-order valence-electron chi connectivity index (χ1n) is 5.10. The van der Waals surface area contributed by atoms with Crippen LogP contribution in [-0.2, 0) is 0 Å². The smallest absolute Gasteiger partial charge is 0.150 e. The van der Waals surface area contributed by atoms with Crippen LogP contribution in [0.5, 0.6) is 0 Å². The zero-order valence-corrected chi connectivity index (χ0v) is 9.99. The standard InChI is InChI=1S/C13H10ClN3/c1-9-4-2-3-5-11(9)16-13-10(8-15)6-7-12(14)17-13/h2-7H,1H3,(H,16,17). The minimum atomic E-state index is 0.361. The molecule has 0 saturated heterocycles. The molecule has 84 valence electrons. The third kappa shape index (κ3) is 2.55. The molecule has 0 spiro atoms. The van der Waals surface area contributed by atoms with Crippen molar-refractivity contribution in [3.8, 4) is 6.07 Å². The first-order valence-corrected chi connectivity index (χ1v) is 5.48. The molecule has 0 aliphatic carbocycles. The first-order chi connectivity index (χ1) is 8.20. The second-order valence-corrected chi connectivity index (χ2v) is 3.97. The highest BCUT2D eigenvalue weighted by Crippen LogP contribution is 2.22. The van der Waals surface area contributed by atoms with E-state index in [1.54, 1.807) is 12.1 Å². The first kappa shape index (κ1) is 11.4. The van der Waals surface area contributed by atoms with Crippen LogP contribution in [0.15, 0.2) is 36.4 Å². The molecule has 2 aromatic rings. The Kier molecular flexibility index (Phi) is 3.27. The summed E-state index contributed by atoms with van der Waals surface area (Å²) in [5, 5.41) is 12.5. The summed E-state index contributed by atoms with van der Waals surface area (Å²) in [6.07, 6.45) is 0. The highest BCUT2D eigenvalue weighted by molar-refractivity contribution is 6.29. The fourth-order valence-corrected chi connectivity index (χ4v) is 1.61. The fourth-order valence-electron chi connectivity index (χ4n) is 1.46. The molecule has 0 atom stereocenters. The maximum atomic E-state index is 8.98. The number of benzene rings is 1. The number of halogens is 1. The lowest BCUT2D eigenvalue weighted by Gasteiger charge is -2.09. The molecule has 3 nitrogen and oxygen atoms in total. The van der Waals surface area contributed by atoms with E-state index in [0.29, 0.717) is 16.5 Å². The molecular weight excluding hydrogens is 234 g/mol. The number of nitrogens with zero attached hydrogens (tertiary/aromatic N) is 2. The number of nitrogens with one attached hydrogen (secondary N) is 1. The molecule has 1 aromatic heterocycles. The molecule has 0 unspecified atom stereocenters. The van der Waals surface area contributed by atoms with Gasteiger partial charge in [-0.15, -0.1) is 0 Å². The normalized spacial score (nSPS) is 9.71. The Morgan fingerprint density at radius 2 is 2.00 bits per heavy atom.